The Bertz CT molecular complexity index is 997. The predicted octanol–water partition coefficient (Wildman–Crippen LogP) is 3.18. The fraction of sp³-hybridized carbons (Fsp3) is 0.619. The summed E-state index contributed by atoms with van der Waals surface area (Å²) < 4.78 is 66.8. The summed E-state index contributed by atoms with van der Waals surface area (Å²) in [5.74, 6) is 1.72. The van der Waals surface area contributed by atoms with Gasteiger partial charge in [-0.15, -0.1) is 0 Å². The molecule has 4 aliphatic carbocycles. The van der Waals surface area contributed by atoms with Gasteiger partial charge in [-0.2, -0.15) is 18.2 Å². The number of halogens is 3. The van der Waals surface area contributed by atoms with Gasteiger partial charge < -0.3 is 10.6 Å². The molecule has 5 rings (SSSR count). The molecule has 0 aliphatic heterocycles. The van der Waals surface area contributed by atoms with Crippen LogP contribution < -0.4 is 10.5 Å². The number of nitrogens with zero attached hydrogens (tertiary/aromatic N) is 3. The van der Waals surface area contributed by atoms with E-state index in [1.54, 1.807) is 14.1 Å². The highest BCUT2D eigenvalue weighted by Gasteiger charge is 2.51. The zero-order valence-electron chi connectivity index (χ0n) is 18.1. The third kappa shape index (κ3) is 4.72. The van der Waals surface area contributed by atoms with Crippen LogP contribution in [0.15, 0.2) is 39.1 Å². The van der Waals surface area contributed by atoms with E-state index in [1.165, 1.54) is 24.2 Å². The van der Waals surface area contributed by atoms with E-state index in [1.807, 2.05) is 0 Å². The van der Waals surface area contributed by atoms with Gasteiger partial charge in [0.05, 0.1) is 16.0 Å². The second-order valence-electron chi connectivity index (χ2n) is 9.57. The third-order valence-corrected chi connectivity index (χ3v) is 8.09. The maximum absolute atomic E-state index is 12.9. The van der Waals surface area contributed by atoms with Crippen LogP contribution in [0.4, 0.5) is 13.2 Å². The number of aliphatic imine (C=N–C) groups is 2. The lowest BCUT2D eigenvalue weighted by Gasteiger charge is -2.54. The van der Waals surface area contributed by atoms with Crippen molar-refractivity contribution < 1.29 is 21.6 Å². The molecule has 4 aliphatic rings. The van der Waals surface area contributed by atoms with Crippen LogP contribution in [0.1, 0.15) is 44.1 Å². The molecule has 176 valence electrons. The molecule has 0 aromatic heterocycles. The van der Waals surface area contributed by atoms with E-state index in [9.17, 15) is 21.6 Å². The van der Waals surface area contributed by atoms with Gasteiger partial charge in [0.1, 0.15) is 0 Å². The van der Waals surface area contributed by atoms with Crippen LogP contribution in [0.25, 0.3) is 0 Å². The molecule has 0 atom stereocenters. The molecule has 32 heavy (non-hydrogen) atoms. The summed E-state index contributed by atoms with van der Waals surface area (Å²) in [7, 11) is -0.862. The lowest BCUT2D eigenvalue weighted by molar-refractivity contribution is -0.137. The van der Waals surface area contributed by atoms with E-state index in [4.69, 9.17) is 10.7 Å². The topological polar surface area (TPSA) is 100 Å². The molecule has 11 heteroatoms. The highest BCUT2D eigenvalue weighted by Crippen LogP contribution is 2.57. The van der Waals surface area contributed by atoms with Crippen LogP contribution in [-0.4, -0.2) is 44.9 Å². The molecular weight excluding hydrogens is 443 g/mol. The molecule has 1 aromatic rings. The first kappa shape index (κ1) is 22.9. The average Bonchev–Trinajstić information content (AvgIpc) is 2.65. The van der Waals surface area contributed by atoms with Crippen molar-refractivity contribution in [2.45, 2.75) is 55.1 Å². The van der Waals surface area contributed by atoms with Gasteiger partial charge in [-0.05, 0) is 80.5 Å². The molecule has 1 aromatic carbocycles. The minimum Gasteiger partial charge on any atom is -0.369 e. The molecule has 0 spiro atoms. The van der Waals surface area contributed by atoms with E-state index in [0.29, 0.717) is 17.8 Å². The SMILES string of the molecule is CN(C)C(N)=NC(=NC12CC3CC(CC(C3)C1)C2)NS(=O)(=O)c1ccc(C(F)(F)F)cc1. The Hall–Kier alpha value is -2.30. The zero-order chi connectivity index (χ0) is 23.3. The Morgan fingerprint density at radius 2 is 1.56 bits per heavy atom. The normalized spacial score (nSPS) is 30.5. The zero-order valence-corrected chi connectivity index (χ0v) is 18.9. The summed E-state index contributed by atoms with van der Waals surface area (Å²) in [4.78, 5) is 10.3. The smallest absolute Gasteiger partial charge is 0.369 e. The maximum Gasteiger partial charge on any atom is 0.416 e. The van der Waals surface area contributed by atoms with Gasteiger partial charge in [-0.3, -0.25) is 0 Å². The second kappa shape index (κ2) is 7.93. The summed E-state index contributed by atoms with van der Waals surface area (Å²) in [6, 6.07) is 3.32. The summed E-state index contributed by atoms with van der Waals surface area (Å²) in [5, 5.41) is 0. The van der Waals surface area contributed by atoms with Crippen LogP contribution in [0, 0.1) is 17.8 Å². The van der Waals surface area contributed by atoms with Gasteiger partial charge >= 0.3 is 6.18 Å². The minimum absolute atomic E-state index is 0.0728. The number of nitrogens with one attached hydrogen (secondary N) is 1. The Morgan fingerprint density at radius 1 is 1.06 bits per heavy atom. The molecule has 0 amide bonds. The molecule has 3 N–H and O–H groups in total. The Morgan fingerprint density at radius 3 is 2.00 bits per heavy atom. The summed E-state index contributed by atoms with van der Waals surface area (Å²) in [5.41, 5.74) is 4.65. The van der Waals surface area contributed by atoms with E-state index in [-0.39, 0.29) is 22.4 Å². The Balaban J connectivity index is 1.65. The summed E-state index contributed by atoms with van der Waals surface area (Å²) in [6.07, 6.45) is 1.72. The number of nitrogens with two attached hydrogens (primary N) is 1. The van der Waals surface area contributed by atoms with E-state index < -0.39 is 21.8 Å². The monoisotopic (exact) mass is 471 g/mol. The largest absolute Gasteiger partial charge is 0.416 e. The van der Waals surface area contributed by atoms with Crippen LogP contribution >= 0.6 is 0 Å². The maximum atomic E-state index is 12.9. The van der Waals surface area contributed by atoms with E-state index in [0.717, 1.165) is 43.5 Å². The van der Waals surface area contributed by atoms with Crippen molar-refractivity contribution in [3.63, 3.8) is 0 Å². The fourth-order valence-corrected chi connectivity index (χ4v) is 6.65. The molecule has 4 saturated carbocycles. The van der Waals surface area contributed by atoms with E-state index >= 15 is 0 Å². The predicted molar refractivity (Wildman–Crippen MR) is 115 cm³/mol. The van der Waals surface area contributed by atoms with Crippen LogP contribution in [0.2, 0.25) is 0 Å². The molecule has 4 bridgehead atoms. The lowest BCUT2D eigenvalue weighted by Crippen LogP contribution is -2.50. The number of benzene rings is 1. The molecule has 0 radical (unpaired) electrons. The second-order valence-corrected chi connectivity index (χ2v) is 11.3. The number of sulfonamides is 1. The van der Waals surface area contributed by atoms with Crippen LogP contribution in [-0.2, 0) is 16.2 Å². The van der Waals surface area contributed by atoms with Crippen molar-refractivity contribution in [3.8, 4) is 0 Å². The highest BCUT2D eigenvalue weighted by atomic mass is 32.2. The number of hydrogen-bond acceptors (Lipinski definition) is 3. The van der Waals surface area contributed by atoms with Gasteiger partial charge in [0.2, 0.25) is 5.96 Å². The summed E-state index contributed by atoms with van der Waals surface area (Å²) >= 11 is 0. The Labute approximate surface area is 186 Å². The van der Waals surface area contributed by atoms with Crippen molar-refractivity contribution in [1.82, 2.24) is 9.62 Å². The highest BCUT2D eigenvalue weighted by molar-refractivity contribution is 7.90. The first-order valence-corrected chi connectivity index (χ1v) is 12.1. The molecule has 4 fully saturated rings. The van der Waals surface area contributed by atoms with Crippen LogP contribution in [0.3, 0.4) is 0 Å². The standard InChI is InChI=1S/C21H28F3N5O2S/c1-29(2)18(25)26-19(27-20-10-13-7-14(11-20)9-15(8-13)12-20)28-32(30,31)17-5-3-16(4-6-17)21(22,23)24/h3-6,13-15H,7-12H2,1-2H3,(H3,25,26,27,28). The minimum atomic E-state index is -4.55. The fourth-order valence-electron chi connectivity index (χ4n) is 5.71. The number of alkyl halides is 3. The van der Waals surface area contributed by atoms with Crippen LogP contribution in [0.5, 0.6) is 0 Å². The van der Waals surface area contributed by atoms with Gasteiger partial charge in [-0.1, -0.05) is 0 Å². The lowest BCUT2D eigenvalue weighted by atomic mass is 9.53. The van der Waals surface area contributed by atoms with Crippen molar-refractivity contribution >= 4 is 21.9 Å². The van der Waals surface area contributed by atoms with Crippen molar-refractivity contribution in [2.75, 3.05) is 14.1 Å². The van der Waals surface area contributed by atoms with Gasteiger partial charge in [0, 0.05) is 14.1 Å². The van der Waals surface area contributed by atoms with Gasteiger partial charge in [0.15, 0.2) is 5.96 Å². The Kier molecular flexibility index (Phi) is 5.67. The van der Waals surface area contributed by atoms with Gasteiger partial charge in [0.25, 0.3) is 10.0 Å². The van der Waals surface area contributed by atoms with Crippen molar-refractivity contribution in [2.24, 2.45) is 33.5 Å². The molecule has 0 unspecified atom stereocenters. The molecular formula is C21H28F3N5O2S. The number of guanidine groups is 2. The first-order chi connectivity index (χ1) is 14.9. The molecule has 0 saturated heterocycles. The first-order valence-electron chi connectivity index (χ1n) is 10.7. The number of hydrogen-bond donors (Lipinski definition) is 2. The van der Waals surface area contributed by atoms with Crippen molar-refractivity contribution in [1.29, 1.82) is 0 Å². The van der Waals surface area contributed by atoms with Gasteiger partial charge in [-0.25, -0.2) is 18.1 Å². The third-order valence-electron chi connectivity index (χ3n) is 6.75. The quantitative estimate of drug-likeness (QED) is 0.522. The molecule has 0 heterocycles. The molecule has 7 nitrogen and oxygen atoms in total. The van der Waals surface area contributed by atoms with Crippen molar-refractivity contribution in [3.05, 3.63) is 29.8 Å². The summed E-state index contributed by atoms with van der Waals surface area (Å²) in [6.45, 7) is 0. The van der Waals surface area contributed by atoms with E-state index in [2.05, 4.69) is 9.71 Å². The average molecular weight is 472 g/mol. The number of rotatable bonds is 3.